The van der Waals surface area contributed by atoms with Gasteiger partial charge in [-0.05, 0) is 24.3 Å². The van der Waals surface area contributed by atoms with E-state index in [4.69, 9.17) is 9.47 Å². The third kappa shape index (κ3) is 1.83. The van der Waals surface area contributed by atoms with Crippen LogP contribution in [0, 0.1) is 0 Å². The van der Waals surface area contributed by atoms with Crippen LogP contribution in [0.4, 0.5) is 0 Å². The van der Waals surface area contributed by atoms with E-state index in [0.29, 0.717) is 17.5 Å². The molecule has 2 aliphatic rings. The topological polar surface area (TPSA) is 52.6 Å². The quantitative estimate of drug-likeness (QED) is 0.657. The Labute approximate surface area is 86.8 Å². The SMILES string of the molecule is CCC1OC(=O)c2ccc(cc2)C(=O)O1. The van der Waals surface area contributed by atoms with Crippen molar-refractivity contribution < 1.29 is 19.1 Å². The third-order valence-corrected chi connectivity index (χ3v) is 2.17. The van der Waals surface area contributed by atoms with Crippen LogP contribution in [0.15, 0.2) is 24.3 Å². The number of benzene rings is 1. The molecule has 1 aromatic rings. The first-order valence-electron chi connectivity index (χ1n) is 4.72. The fourth-order valence-electron chi connectivity index (χ4n) is 1.31. The molecular weight excluding hydrogens is 196 g/mol. The highest BCUT2D eigenvalue weighted by molar-refractivity contribution is 5.94. The lowest BCUT2D eigenvalue weighted by Gasteiger charge is -2.14. The summed E-state index contributed by atoms with van der Waals surface area (Å²) in [6.45, 7) is 1.78. The lowest BCUT2D eigenvalue weighted by molar-refractivity contribution is -0.0801. The number of carbonyl (C=O) groups is 2. The van der Waals surface area contributed by atoms with Gasteiger partial charge in [0.2, 0.25) is 6.29 Å². The average molecular weight is 206 g/mol. The van der Waals surface area contributed by atoms with Crippen LogP contribution in [0.3, 0.4) is 0 Å². The molecule has 2 heterocycles. The zero-order valence-electron chi connectivity index (χ0n) is 8.23. The highest BCUT2D eigenvalue weighted by Crippen LogP contribution is 2.15. The standard InChI is InChI=1S/C11H10O4/c1-2-9-14-10(12)7-3-4-8(6-5-7)11(13)15-9/h3-6,9H,2H2,1H3. The van der Waals surface area contributed by atoms with E-state index in [0.717, 1.165) is 0 Å². The highest BCUT2D eigenvalue weighted by atomic mass is 16.7. The van der Waals surface area contributed by atoms with Crippen LogP contribution < -0.4 is 0 Å². The molecule has 0 aliphatic carbocycles. The van der Waals surface area contributed by atoms with Crippen molar-refractivity contribution in [3.8, 4) is 0 Å². The van der Waals surface area contributed by atoms with Crippen LogP contribution in [-0.2, 0) is 9.47 Å². The van der Waals surface area contributed by atoms with E-state index < -0.39 is 18.2 Å². The first kappa shape index (κ1) is 9.71. The van der Waals surface area contributed by atoms with E-state index in [-0.39, 0.29) is 0 Å². The highest BCUT2D eigenvalue weighted by Gasteiger charge is 2.22. The van der Waals surface area contributed by atoms with Crippen molar-refractivity contribution >= 4 is 11.9 Å². The summed E-state index contributed by atoms with van der Waals surface area (Å²) in [5.74, 6) is -0.939. The van der Waals surface area contributed by atoms with E-state index in [1.54, 1.807) is 31.2 Å². The second kappa shape index (κ2) is 3.73. The smallest absolute Gasteiger partial charge is 0.341 e. The zero-order valence-corrected chi connectivity index (χ0v) is 8.23. The van der Waals surface area contributed by atoms with Crippen molar-refractivity contribution in [3.63, 3.8) is 0 Å². The lowest BCUT2D eigenvalue weighted by atomic mass is 10.1. The predicted molar refractivity (Wildman–Crippen MR) is 51.4 cm³/mol. The summed E-state index contributed by atoms with van der Waals surface area (Å²) >= 11 is 0. The average Bonchev–Trinajstić information content (AvgIpc) is 2.35. The first-order valence-corrected chi connectivity index (χ1v) is 4.72. The normalized spacial score (nSPS) is 16.3. The molecule has 0 atom stereocenters. The number of hydrogen-bond acceptors (Lipinski definition) is 4. The molecule has 0 fully saturated rings. The Morgan fingerprint density at radius 1 is 1.00 bits per heavy atom. The van der Waals surface area contributed by atoms with E-state index in [2.05, 4.69) is 0 Å². The second-order valence-electron chi connectivity index (χ2n) is 3.23. The fourth-order valence-corrected chi connectivity index (χ4v) is 1.31. The van der Waals surface area contributed by atoms with Gasteiger partial charge in [-0.2, -0.15) is 0 Å². The molecule has 0 unspecified atom stereocenters. The molecule has 0 radical (unpaired) electrons. The molecule has 4 nitrogen and oxygen atoms in total. The van der Waals surface area contributed by atoms with Crippen LogP contribution in [0.2, 0.25) is 0 Å². The number of carbonyl (C=O) groups excluding carboxylic acids is 2. The number of hydrogen-bond donors (Lipinski definition) is 0. The molecule has 1 aromatic carbocycles. The summed E-state index contributed by atoms with van der Waals surface area (Å²) in [5.41, 5.74) is 0.853. The van der Waals surface area contributed by atoms with Gasteiger partial charge in [0.15, 0.2) is 0 Å². The number of ether oxygens (including phenoxy) is 2. The molecule has 0 saturated heterocycles. The molecule has 3 rings (SSSR count). The maximum atomic E-state index is 11.5. The monoisotopic (exact) mass is 206 g/mol. The molecule has 0 amide bonds. The Morgan fingerprint density at radius 3 is 1.73 bits per heavy atom. The van der Waals surface area contributed by atoms with Crippen molar-refractivity contribution in [2.24, 2.45) is 0 Å². The predicted octanol–water partition coefficient (Wildman–Crippen LogP) is 1.75. The van der Waals surface area contributed by atoms with Crippen molar-refractivity contribution in [2.45, 2.75) is 19.6 Å². The largest absolute Gasteiger partial charge is 0.422 e. The van der Waals surface area contributed by atoms with E-state index in [1.807, 2.05) is 0 Å². The Balaban J connectivity index is 2.39. The van der Waals surface area contributed by atoms with Gasteiger partial charge in [-0.15, -0.1) is 0 Å². The molecule has 2 bridgehead atoms. The Bertz CT molecular complexity index is 357. The van der Waals surface area contributed by atoms with E-state index >= 15 is 0 Å². The summed E-state index contributed by atoms with van der Waals surface area (Å²) in [5, 5.41) is 0. The molecule has 0 aromatic heterocycles. The van der Waals surface area contributed by atoms with Gasteiger partial charge in [-0.3, -0.25) is 0 Å². The summed E-state index contributed by atoms with van der Waals surface area (Å²) in [4.78, 5) is 23.0. The number of rotatable bonds is 1. The van der Waals surface area contributed by atoms with Gasteiger partial charge in [-0.25, -0.2) is 9.59 Å². The molecule has 15 heavy (non-hydrogen) atoms. The van der Waals surface area contributed by atoms with Crippen LogP contribution in [0.5, 0.6) is 0 Å². The summed E-state index contributed by atoms with van der Waals surface area (Å²) in [6, 6.07) is 6.21. The van der Waals surface area contributed by atoms with Gasteiger partial charge in [0.1, 0.15) is 0 Å². The van der Waals surface area contributed by atoms with Gasteiger partial charge in [0.25, 0.3) is 0 Å². The Kier molecular flexibility index (Phi) is 2.41. The van der Waals surface area contributed by atoms with Crippen molar-refractivity contribution in [1.82, 2.24) is 0 Å². The van der Waals surface area contributed by atoms with Crippen molar-refractivity contribution in [3.05, 3.63) is 35.4 Å². The van der Waals surface area contributed by atoms with Crippen LogP contribution in [-0.4, -0.2) is 18.2 Å². The van der Waals surface area contributed by atoms with Gasteiger partial charge in [0.05, 0.1) is 11.1 Å². The zero-order chi connectivity index (χ0) is 10.8. The minimum atomic E-state index is -0.796. The van der Waals surface area contributed by atoms with Crippen molar-refractivity contribution in [1.29, 1.82) is 0 Å². The lowest BCUT2D eigenvalue weighted by Crippen LogP contribution is -2.22. The molecule has 4 heteroatoms. The van der Waals surface area contributed by atoms with Gasteiger partial charge < -0.3 is 9.47 Å². The molecule has 0 spiro atoms. The van der Waals surface area contributed by atoms with Gasteiger partial charge in [0, 0.05) is 6.42 Å². The fraction of sp³-hybridized carbons (Fsp3) is 0.273. The maximum Gasteiger partial charge on any atom is 0.341 e. The first-order chi connectivity index (χ1) is 7.20. The van der Waals surface area contributed by atoms with Crippen molar-refractivity contribution in [2.75, 3.05) is 0 Å². The van der Waals surface area contributed by atoms with Crippen LogP contribution >= 0.6 is 0 Å². The van der Waals surface area contributed by atoms with Gasteiger partial charge >= 0.3 is 11.9 Å². The van der Waals surface area contributed by atoms with Gasteiger partial charge in [-0.1, -0.05) is 6.92 Å². The molecular formula is C11H10O4. The minimum absolute atomic E-state index is 0.426. The third-order valence-electron chi connectivity index (χ3n) is 2.17. The Hall–Kier alpha value is -1.84. The van der Waals surface area contributed by atoms with Crippen LogP contribution in [0.1, 0.15) is 34.1 Å². The molecule has 0 N–H and O–H groups in total. The molecule has 78 valence electrons. The summed E-state index contributed by atoms with van der Waals surface area (Å²) in [6.07, 6.45) is -0.354. The van der Waals surface area contributed by atoms with E-state index in [1.165, 1.54) is 0 Å². The second-order valence-corrected chi connectivity index (χ2v) is 3.23. The Morgan fingerprint density at radius 2 is 1.40 bits per heavy atom. The number of esters is 2. The molecule has 0 saturated carbocycles. The maximum absolute atomic E-state index is 11.5. The number of fused-ring (bicyclic) bond motifs is 6. The summed E-state index contributed by atoms with van der Waals surface area (Å²) in [7, 11) is 0. The van der Waals surface area contributed by atoms with Crippen LogP contribution in [0.25, 0.3) is 0 Å². The minimum Gasteiger partial charge on any atom is -0.422 e. The van der Waals surface area contributed by atoms with E-state index in [9.17, 15) is 9.59 Å². The summed E-state index contributed by atoms with van der Waals surface area (Å²) < 4.78 is 9.97. The molecule has 2 aliphatic heterocycles.